The van der Waals surface area contributed by atoms with Gasteiger partial charge >= 0.3 is 0 Å². The molecule has 0 unspecified atom stereocenters. The van der Waals surface area contributed by atoms with Gasteiger partial charge in [-0.05, 0) is 19.9 Å². The minimum atomic E-state index is -0.678. The summed E-state index contributed by atoms with van der Waals surface area (Å²) in [5.74, 6) is -0.678. The maximum Gasteiger partial charge on any atom is 0.272 e. The van der Waals surface area contributed by atoms with Crippen molar-refractivity contribution in [3.8, 4) is 0 Å². The second kappa shape index (κ2) is 4.67. The van der Waals surface area contributed by atoms with Crippen LogP contribution in [0.4, 0.5) is 15.8 Å². The second-order valence-electron chi connectivity index (χ2n) is 4.42. The summed E-state index contributed by atoms with van der Waals surface area (Å²) in [7, 11) is 1.63. The first-order chi connectivity index (χ1) is 7.79. The van der Waals surface area contributed by atoms with E-state index in [2.05, 4.69) is 0 Å². The molecule has 0 aliphatic heterocycles. The zero-order valence-electron chi connectivity index (χ0n) is 9.98. The maximum atomic E-state index is 13.7. The maximum absolute atomic E-state index is 13.7. The molecular weight excluding hydrogens is 227 g/mol. The van der Waals surface area contributed by atoms with Gasteiger partial charge in [-0.3, -0.25) is 10.1 Å². The highest BCUT2D eigenvalue weighted by Gasteiger charge is 2.25. The Labute approximate surface area is 98.6 Å². The average molecular weight is 242 g/mol. The number of rotatable bonds is 4. The third kappa shape index (κ3) is 2.71. The monoisotopic (exact) mass is 242 g/mol. The Hall–Kier alpha value is -1.69. The van der Waals surface area contributed by atoms with Crippen LogP contribution >= 0.6 is 0 Å². The molecule has 94 valence electrons. The van der Waals surface area contributed by atoms with Crippen molar-refractivity contribution in [1.82, 2.24) is 0 Å². The zero-order valence-corrected chi connectivity index (χ0v) is 9.98. The summed E-state index contributed by atoms with van der Waals surface area (Å²) in [4.78, 5) is 11.4. The van der Waals surface area contributed by atoms with Gasteiger partial charge < -0.3 is 10.0 Å². The van der Waals surface area contributed by atoms with Crippen LogP contribution in [0.15, 0.2) is 18.2 Å². The Morgan fingerprint density at radius 3 is 2.53 bits per heavy atom. The van der Waals surface area contributed by atoms with E-state index in [1.807, 2.05) is 0 Å². The molecule has 1 aromatic rings. The predicted molar refractivity (Wildman–Crippen MR) is 62.6 cm³/mol. The van der Waals surface area contributed by atoms with Gasteiger partial charge in [-0.2, -0.15) is 0 Å². The molecule has 1 N–H and O–H groups in total. The van der Waals surface area contributed by atoms with Crippen molar-refractivity contribution < 1.29 is 14.4 Å². The number of non-ortho nitro benzene ring substituents is 1. The number of nitro benzene ring substituents is 1. The van der Waals surface area contributed by atoms with Gasteiger partial charge in [0.25, 0.3) is 5.69 Å². The van der Waals surface area contributed by atoms with Gasteiger partial charge in [-0.25, -0.2) is 4.39 Å². The van der Waals surface area contributed by atoms with Crippen molar-refractivity contribution in [2.75, 3.05) is 18.6 Å². The third-order valence-electron chi connectivity index (χ3n) is 2.80. The fourth-order valence-corrected chi connectivity index (χ4v) is 1.31. The van der Waals surface area contributed by atoms with E-state index in [-0.39, 0.29) is 18.0 Å². The summed E-state index contributed by atoms with van der Waals surface area (Å²) in [5.41, 5.74) is -0.715. The summed E-state index contributed by atoms with van der Waals surface area (Å²) in [6, 6.07) is 3.45. The molecule has 6 heteroatoms. The summed E-state index contributed by atoms with van der Waals surface area (Å²) in [6.45, 7) is 3.33. The topological polar surface area (TPSA) is 66.6 Å². The van der Waals surface area contributed by atoms with Crippen molar-refractivity contribution in [2.45, 2.75) is 19.4 Å². The van der Waals surface area contributed by atoms with E-state index in [4.69, 9.17) is 0 Å². The Morgan fingerprint density at radius 1 is 1.53 bits per heavy atom. The molecule has 0 heterocycles. The molecule has 0 aliphatic rings. The summed E-state index contributed by atoms with van der Waals surface area (Å²) in [5, 5.41) is 19.7. The van der Waals surface area contributed by atoms with Crippen molar-refractivity contribution in [3.05, 3.63) is 34.1 Å². The first kappa shape index (κ1) is 13.4. The zero-order chi connectivity index (χ0) is 13.2. The number of nitrogens with zero attached hydrogens (tertiary/aromatic N) is 2. The molecule has 17 heavy (non-hydrogen) atoms. The Balaban J connectivity index is 3.12. The molecule has 1 rings (SSSR count). The van der Waals surface area contributed by atoms with Gasteiger partial charge in [0.05, 0.1) is 28.8 Å². The van der Waals surface area contributed by atoms with E-state index in [1.165, 1.54) is 12.1 Å². The fourth-order valence-electron chi connectivity index (χ4n) is 1.31. The minimum absolute atomic E-state index is 0.153. The molecule has 0 spiro atoms. The predicted octanol–water partition coefficient (Wildman–Crippen LogP) is 1.94. The average Bonchev–Trinajstić information content (AvgIpc) is 2.27. The standard InChI is InChI=1S/C11H15FN2O3/c1-11(2,7-15)13(3)10-5-4-8(14(16)17)6-9(10)12/h4-6,15H,7H2,1-3H3. The molecule has 5 nitrogen and oxygen atoms in total. The number of nitro groups is 1. The van der Waals surface area contributed by atoms with Crippen LogP contribution in [0.1, 0.15) is 13.8 Å². The van der Waals surface area contributed by atoms with Crippen LogP contribution in [0, 0.1) is 15.9 Å². The van der Waals surface area contributed by atoms with Crippen LogP contribution in [0.25, 0.3) is 0 Å². The first-order valence-electron chi connectivity index (χ1n) is 5.08. The van der Waals surface area contributed by atoms with Gasteiger partial charge in [0, 0.05) is 13.1 Å². The van der Waals surface area contributed by atoms with Crippen LogP contribution in [0.2, 0.25) is 0 Å². The number of anilines is 1. The van der Waals surface area contributed by atoms with E-state index in [9.17, 15) is 19.6 Å². The molecule has 0 aliphatic carbocycles. The lowest BCUT2D eigenvalue weighted by atomic mass is 10.0. The van der Waals surface area contributed by atoms with Crippen LogP contribution in [-0.4, -0.2) is 29.2 Å². The summed E-state index contributed by atoms with van der Waals surface area (Å²) < 4.78 is 13.7. The Kier molecular flexibility index (Phi) is 3.67. The molecule has 0 amide bonds. The van der Waals surface area contributed by atoms with Gasteiger partial charge in [-0.15, -0.1) is 0 Å². The van der Waals surface area contributed by atoms with Crippen LogP contribution < -0.4 is 4.90 Å². The van der Waals surface area contributed by atoms with Gasteiger partial charge in [0.1, 0.15) is 0 Å². The molecule has 0 saturated carbocycles. The van der Waals surface area contributed by atoms with Crippen LogP contribution in [-0.2, 0) is 0 Å². The fraction of sp³-hybridized carbons (Fsp3) is 0.455. The number of likely N-dealkylation sites (N-methyl/N-ethyl adjacent to an activating group) is 1. The number of halogens is 1. The smallest absolute Gasteiger partial charge is 0.272 e. The molecule has 0 bridgehead atoms. The molecule has 0 radical (unpaired) electrons. The summed E-state index contributed by atoms with van der Waals surface area (Å²) in [6.07, 6.45) is 0. The quantitative estimate of drug-likeness (QED) is 0.647. The lowest BCUT2D eigenvalue weighted by Gasteiger charge is -2.35. The number of hydrogen-bond donors (Lipinski definition) is 1. The third-order valence-corrected chi connectivity index (χ3v) is 2.80. The second-order valence-corrected chi connectivity index (χ2v) is 4.42. The number of aliphatic hydroxyl groups is 1. The van der Waals surface area contributed by atoms with E-state index in [1.54, 1.807) is 25.8 Å². The van der Waals surface area contributed by atoms with Crippen molar-refractivity contribution in [1.29, 1.82) is 0 Å². The highest BCUT2D eigenvalue weighted by molar-refractivity contribution is 5.53. The van der Waals surface area contributed by atoms with E-state index < -0.39 is 16.3 Å². The first-order valence-corrected chi connectivity index (χ1v) is 5.08. The van der Waals surface area contributed by atoms with E-state index in [0.29, 0.717) is 0 Å². The molecular formula is C11H15FN2O3. The molecule has 0 saturated heterocycles. The van der Waals surface area contributed by atoms with Crippen LogP contribution in [0.5, 0.6) is 0 Å². The Bertz CT molecular complexity index is 435. The van der Waals surface area contributed by atoms with Crippen molar-refractivity contribution >= 4 is 11.4 Å². The number of aliphatic hydroxyl groups excluding tert-OH is 1. The molecule has 0 atom stereocenters. The molecule has 0 aromatic heterocycles. The largest absolute Gasteiger partial charge is 0.394 e. The Morgan fingerprint density at radius 2 is 2.12 bits per heavy atom. The van der Waals surface area contributed by atoms with Crippen LogP contribution in [0.3, 0.4) is 0 Å². The highest BCUT2D eigenvalue weighted by atomic mass is 19.1. The van der Waals surface area contributed by atoms with Gasteiger partial charge in [0.15, 0.2) is 5.82 Å². The van der Waals surface area contributed by atoms with Crippen molar-refractivity contribution in [3.63, 3.8) is 0 Å². The normalized spacial score (nSPS) is 11.4. The lowest BCUT2D eigenvalue weighted by molar-refractivity contribution is -0.385. The lowest BCUT2D eigenvalue weighted by Crippen LogP contribution is -2.44. The minimum Gasteiger partial charge on any atom is -0.394 e. The van der Waals surface area contributed by atoms with Gasteiger partial charge in [0.2, 0.25) is 0 Å². The molecule has 1 aromatic carbocycles. The van der Waals surface area contributed by atoms with E-state index >= 15 is 0 Å². The number of benzene rings is 1. The van der Waals surface area contributed by atoms with Crippen molar-refractivity contribution in [2.24, 2.45) is 0 Å². The van der Waals surface area contributed by atoms with E-state index in [0.717, 1.165) is 6.07 Å². The summed E-state index contributed by atoms with van der Waals surface area (Å²) >= 11 is 0. The number of hydrogen-bond acceptors (Lipinski definition) is 4. The highest BCUT2D eigenvalue weighted by Crippen LogP contribution is 2.27. The van der Waals surface area contributed by atoms with Gasteiger partial charge in [-0.1, -0.05) is 0 Å². The molecule has 0 fully saturated rings. The SMILES string of the molecule is CN(c1ccc([N+](=O)[O-])cc1F)C(C)(C)CO.